The Morgan fingerprint density at radius 3 is 2.56 bits per heavy atom. The van der Waals surface area contributed by atoms with Crippen LogP contribution in [0.3, 0.4) is 0 Å². The first-order valence-electron chi connectivity index (χ1n) is 9.79. The van der Waals surface area contributed by atoms with Gasteiger partial charge in [0.15, 0.2) is 7.37 Å². The average molecular weight is 402 g/mol. The van der Waals surface area contributed by atoms with Gasteiger partial charge in [0.2, 0.25) is 0 Å². The maximum absolute atomic E-state index is 12.2. The van der Waals surface area contributed by atoms with Gasteiger partial charge < -0.3 is 20.2 Å². The van der Waals surface area contributed by atoms with E-state index in [-0.39, 0.29) is 36.3 Å². The predicted molar refractivity (Wildman–Crippen MR) is 107 cm³/mol. The number of aliphatic hydroxyl groups excluding tert-OH is 3. The van der Waals surface area contributed by atoms with Gasteiger partial charge in [0.25, 0.3) is 0 Å². The number of carbonyl (C=O) groups is 1. The Hall–Kier alpha value is -0.780. The summed E-state index contributed by atoms with van der Waals surface area (Å²) in [6.07, 6.45) is 9.59. The third kappa shape index (κ3) is 10.4. The van der Waals surface area contributed by atoms with E-state index in [4.69, 9.17) is 0 Å². The van der Waals surface area contributed by atoms with Crippen LogP contribution in [-0.2, 0) is 9.36 Å². The lowest BCUT2D eigenvalue weighted by Gasteiger charge is -2.16. The van der Waals surface area contributed by atoms with Gasteiger partial charge in [-0.1, -0.05) is 24.3 Å². The maximum atomic E-state index is 12.2. The second-order valence-electron chi connectivity index (χ2n) is 7.78. The number of aliphatic hydroxyl groups is 3. The van der Waals surface area contributed by atoms with Gasteiger partial charge in [-0.15, -0.1) is 0 Å². The van der Waals surface area contributed by atoms with E-state index in [0.29, 0.717) is 38.5 Å². The van der Waals surface area contributed by atoms with Crippen molar-refractivity contribution in [1.82, 2.24) is 0 Å². The van der Waals surface area contributed by atoms with Crippen LogP contribution in [0.25, 0.3) is 0 Å². The van der Waals surface area contributed by atoms with Gasteiger partial charge in [0.1, 0.15) is 5.78 Å². The van der Waals surface area contributed by atoms with Crippen molar-refractivity contribution in [2.75, 3.05) is 12.8 Å². The fraction of sp³-hybridized carbons (Fsp3) is 0.750. The van der Waals surface area contributed by atoms with E-state index >= 15 is 0 Å². The number of rotatable bonds is 12. The zero-order chi connectivity index (χ0) is 20.4. The standard InChI is InChI=1S/C20H35O6P/c1-15(21)8-7-9-16(22)11-12-18-17(19(23)14-20(18)24)10-5-3-4-6-13-27(2,25)26/h3,5,11-12,15-18,20-22,24H,4,6-10,13-14H2,1-2H3,(H,25,26)/t15?,16?,17-,18-,20-/m1/s1. The lowest BCUT2D eigenvalue weighted by atomic mass is 9.90. The maximum Gasteiger partial charge on any atom is 0.197 e. The zero-order valence-corrected chi connectivity index (χ0v) is 17.3. The second kappa shape index (κ2) is 11.9. The van der Waals surface area contributed by atoms with Crippen molar-refractivity contribution in [2.45, 2.75) is 70.2 Å². The van der Waals surface area contributed by atoms with Crippen LogP contribution in [0.4, 0.5) is 0 Å². The number of carbonyl (C=O) groups excluding carboxylic acids is 1. The quantitative estimate of drug-likeness (QED) is 0.227. The van der Waals surface area contributed by atoms with E-state index < -0.39 is 19.6 Å². The number of hydrogen-bond acceptors (Lipinski definition) is 5. The summed E-state index contributed by atoms with van der Waals surface area (Å²) in [7, 11) is -2.96. The van der Waals surface area contributed by atoms with Crippen molar-refractivity contribution in [3.8, 4) is 0 Å². The van der Waals surface area contributed by atoms with Gasteiger partial charge in [-0.3, -0.25) is 9.36 Å². The highest BCUT2D eigenvalue weighted by Gasteiger charge is 2.39. The minimum atomic E-state index is -2.96. The molecule has 0 radical (unpaired) electrons. The third-order valence-corrected chi connectivity index (χ3v) is 6.06. The Morgan fingerprint density at radius 2 is 1.93 bits per heavy atom. The summed E-state index contributed by atoms with van der Waals surface area (Å²) in [5, 5.41) is 29.4. The smallest absolute Gasteiger partial charge is 0.197 e. The van der Waals surface area contributed by atoms with Crippen LogP contribution < -0.4 is 0 Å². The highest BCUT2D eigenvalue weighted by molar-refractivity contribution is 7.57. The molecule has 1 aliphatic rings. The zero-order valence-electron chi connectivity index (χ0n) is 16.4. The summed E-state index contributed by atoms with van der Waals surface area (Å²) in [4.78, 5) is 21.4. The molecule has 1 saturated carbocycles. The Kier molecular flexibility index (Phi) is 10.7. The molecule has 6 nitrogen and oxygen atoms in total. The van der Waals surface area contributed by atoms with Crippen LogP contribution in [0, 0.1) is 11.8 Å². The van der Waals surface area contributed by atoms with E-state index in [9.17, 15) is 29.6 Å². The first-order chi connectivity index (χ1) is 12.6. The summed E-state index contributed by atoms with van der Waals surface area (Å²) >= 11 is 0. The molecule has 0 aromatic carbocycles. The monoisotopic (exact) mass is 402 g/mol. The summed E-state index contributed by atoms with van der Waals surface area (Å²) in [5.74, 6) is -0.576. The Morgan fingerprint density at radius 1 is 1.22 bits per heavy atom. The van der Waals surface area contributed by atoms with Gasteiger partial charge >= 0.3 is 0 Å². The van der Waals surface area contributed by atoms with E-state index in [1.54, 1.807) is 19.1 Å². The summed E-state index contributed by atoms with van der Waals surface area (Å²) in [6.45, 7) is 3.07. The molecule has 1 fully saturated rings. The summed E-state index contributed by atoms with van der Waals surface area (Å²) in [5.41, 5.74) is 0. The molecule has 0 saturated heterocycles. The van der Waals surface area contributed by atoms with Gasteiger partial charge in [-0.25, -0.2) is 0 Å². The molecule has 0 aliphatic heterocycles. The van der Waals surface area contributed by atoms with Crippen molar-refractivity contribution in [2.24, 2.45) is 11.8 Å². The Balaban J connectivity index is 2.48. The molecule has 0 aromatic rings. The fourth-order valence-electron chi connectivity index (χ4n) is 3.37. The van der Waals surface area contributed by atoms with Crippen LogP contribution in [-0.4, -0.2) is 57.1 Å². The van der Waals surface area contributed by atoms with Crippen LogP contribution in [0.2, 0.25) is 0 Å². The number of ketones is 1. The fourth-order valence-corrected chi connectivity index (χ4v) is 4.14. The first-order valence-corrected chi connectivity index (χ1v) is 12.1. The van der Waals surface area contributed by atoms with Crippen LogP contribution >= 0.6 is 7.37 Å². The molecule has 6 atom stereocenters. The largest absolute Gasteiger partial charge is 0.393 e. The lowest BCUT2D eigenvalue weighted by Crippen LogP contribution is -2.18. The van der Waals surface area contributed by atoms with Crippen molar-refractivity contribution in [3.05, 3.63) is 24.3 Å². The van der Waals surface area contributed by atoms with Gasteiger partial charge in [0.05, 0.1) is 18.3 Å². The van der Waals surface area contributed by atoms with Crippen LogP contribution in [0.5, 0.6) is 0 Å². The molecule has 1 rings (SSSR count). The molecule has 0 amide bonds. The van der Waals surface area contributed by atoms with Crippen molar-refractivity contribution >= 4 is 13.2 Å². The second-order valence-corrected chi connectivity index (χ2v) is 10.3. The highest BCUT2D eigenvalue weighted by atomic mass is 31.2. The number of allylic oxidation sites excluding steroid dienone is 2. The summed E-state index contributed by atoms with van der Waals surface area (Å²) in [6, 6.07) is 0. The molecule has 7 heteroatoms. The minimum absolute atomic E-state index is 0.0267. The van der Waals surface area contributed by atoms with Crippen molar-refractivity contribution in [1.29, 1.82) is 0 Å². The molecular weight excluding hydrogens is 367 g/mol. The van der Waals surface area contributed by atoms with E-state index in [1.807, 2.05) is 12.2 Å². The van der Waals surface area contributed by atoms with Crippen LogP contribution in [0.15, 0.2) is 24.3 Å². The van der Waals surface area contributed by atoms with E-state index in [2.05, 4.69) is 0 Å². The van der Waals surface area contributed by atoms with Crippen molar-refractivity contribution in [3.63, 3.8) is 0 Å². The topological polar surface area (TPSA) is 115 Å². The molecular formula is C20H35O6P. The average Bonchev–Trinajstić information content (AvgIpc) is 2.80. The Labute approximate surface area is 162 Å². The van der Waals surface area contributed by atoms with E-state index in [1.165, 1.54) is 6.66 Å². The minimum Gasteiger partial charge on any atom is -0.393 e. The number of Topliss-reactive ketones (excluding diaryl/α,β-unsaturated/α-hetero) is 1. The van der Waals surface area contributed by atoms with Crippen LogP contribution in [0.1, 0.15) is 51.9 Å². The normalized spacial score (nSPS) is 28.1. The first kappa shape index (κ1) is 24.3. The molecule has 0 aromatic heterocycles. The number of hydrogen-bond donors (Lipinski definition) is 4. The third-order valence-electron chi connectivity index (χ3n) is 4.91. The van der Waals surface area contributed by atoms with E-state index in [0.717, 1.165) is 0 Å². The molecule has 4 N–H and O–H groups in total. The molecule has 3 unspecified atom stereocenters. The lowest BCUT2D eigenvalue weighted by molar-refractivity contribution is -0.121. The Bertz CT molecular complexity index is 551. The van der Waals surface area contributed by atoms with Gasteiger partial charge in [-0.2, -0.15) is 0 Å². The molecule has 156 valence electrons. The van der Waals surface area contributed by atoms with Gasteiger partial charge in [-0.05, 0) is 45.4 Å². The molecule has 0 heterocycles. The molecule has 0 bridgehead atoms. The molecule has 27 heavy (non-hydrogen) atoms. The number of unbranched alkanes of at least 4 members (excludes halogenated alkanes) is 1. The summed E-state index contributed by atoms with van der Waals surface area (Å²) < 4.78 is 11.2. The predicted octanol–water partition coefficient (Wildman–Crippen LogP) is 2.65. The SMILES string of the molecule is CC(O)CCCC(O)C=C[C@H]1[C@H](O)CC(=O)[C@@H]1CC=CCCCP(C)(=O)O. The molecule has 1 aliphatic carbocycles. The highest BCUT2D eigenvalue weighted by Crippen LogP contribution is 2.36. The molecule has 0 spiro atoms. The van der Waals surface area contributed by atoms with Crippen molar-refractivity contribution < 1.29 is 29.6 Å². The van der Waals surface area contributed by atoms with Gasteiger partial charge in [0, 0.05) is 31.1 Å².